The maximum atomic E-state index is 10.8. The monoisotopic (exact) mass is 208 g/mol. The first-order valence-electron chi connectivity index (χ1n) is 3.15. The van der Waals surface area contributed by atoms with Crippen molar-refractivity contribution in [1.29, 1.82) is 0 Å². The van der Waals surface area contributed by atoms with Gasteiger partial charge >= 0.3 is 5.97 Å². The molecule has 1 unspecified atom stereocenters. The van der Waals surface area contributed by atoms with Crippen molar-refractivity contribution in [2.75, 3.05) is 19.6 Å². The minimum atomic E-state index is -0.898. The number of esters is 1. The van der Waals surface area contributed by atoms with Gasteiger partial charge in [0.2, 0.25) is 0 Å². The number of carbonyl (C=O) groups is 1. The molecule has 6 heteroatoms. The molecule has 0 radical (unpaired) electrons. The average Bonchev–Trinajstić information content (AvgIpc) is 2.12. The zero-order valence-electron chi connectivity index (χ0n) is 7.23. The molecule has 2 N–H and O–H groups in total. The van der Waals surface area contributed by atoms with E-state index in [1.54, 1.807) is 0 Å². The van der Waals surface area contributed by atoms with Crippen LogP contribution in [0.15, 0.2) is 4.99 Å². The minimum absolute atomic E-state index is 0.518. The van der Waals surface area contributed by atoms with Crippen LogP contribution >= 0.6 is 23.5 Å². The lowest BCUT2D eigenvalue weighted by atomic mass is 10.5. The third kappa shape index (κ3) is 3.99. The highest BCUT2D eigenvalue weighted by atomic mass is 32.2. The van der Waals surface area contributed by atoms with Gasteiger partial charge in [-0.05, 0) is 12.5 Å². The highest BCUT2D eigenvalue weighted by Gasteiger charge is 2.12. The third-order valence-electron chi connectivity index (χ3n) is 1.04. The van der Waals surface area contributed by atoms with E-state index in [1.165, 1.54) is 30.6 Å². The summed E-state index contributed by atoms with van der Waals surface area (Å²) < 4.78 is 5.18. The Morgan fingerprint density at radius 3 is 2.33 bits per heavy atom. The first-order chi connectivity index (χ1) is 5.65. The predicted molar refractivity (Wildman–Crippen MR) is 54.5 cm³/mol. The maximum Gasteiger partial charge on any atom is 0.345 e. The Kier molecular flexibility index (Phi) is 6.23. The molecule has 1 atom stereocenters. The highest BCUT2D eigenvalue weighted by Crippen LogP contribution is 2.11. The van der Waals surface area contributed by atoms with Crippen LogP contribution in [-0.2, 0) is 9.53 Å². The van der Waals surface area contributed by atoms with Crippen molar-refractivity contribution < 1.29 is 9.53 Å². The van der Waals surface area contributed by atoms with Crippen molar-refractivity contribution >= 4 is 33.9 Å². The normalized spacial score (nSPS) is 12.0. The van der Waals surface area contributed by atoms with Crippen LogP contribution in [0.5, 0.6) is 0 Å². The number of rotatable bonds is 2. The maximum absolute atomic E-state index is 10.8. The lowest BCUT2D eigenvalue weighted by molar-refractivity contribution is -0.141. The number of nitrogens with zero attached hydrogens (tertiary/aromatic N) is 1. The fourth-order valence-electron chi connectivity index (χ4n) is 0.476. The van der Waals surface area contributed by atoms with E-state index in [4.69, 9.17) is 5.73 Å². The smallest absolute Gasteiger partial charge is 0.345 e. The van der Waals surface area contributed by atoms with E-state index >= 15 is 0 Å². The van der Waals surface area contributed by atoms with E-state index in [9.17, 15) is 4.79 Å². The molecule has 0 rings (SSSR count). The fraction of sp³-hybridized carbons (Fsp3) is 0.667. The number of ether oxygens (including phenoxy) is 1. The van der Waals surface area contributed by atoms with Crippen LogP contribution in [-0.4, -0.2) is 36.1 Å². The summed E-state index contributed by atoms with van der Waals surface area (Å²) in [5.41, 5.74) is 5.39. The molecule has 12 heavy (non-hydrogen) atoms. The largest absolute Gasteiger partial charge is 0.466 e. The van der Waals surface area contributed by atoms with Gasteiger partial charge in [0, 0.05) is 0 Å². The minimum Gasteiger partial charge on any atom is -0.466 e. The van der Waals surface area contributed by atoms with E-state index in [1.807, 2.05) is 12.5 Å². The van der Waals surface area contributed by atoms with Gasteiger partial charge in [0.05, 0.1) is 7.11 Å². The molecule has 0 aliphatic rings. The quantitative estimate of drug-likeness (QED) is 0.407. The van der Waals surface area contributed by atoms with Gasteiger partial charge in [-0.2, -0.15) is 0 Å². The summed E-state index contributed by atoms with van der Waals surface area (Å²) in [4.78, 5) is 14.7. The first kappa shape index (κ1) is 11.8. The van der Waals surface area contributed by atoms with Crippen LogP contribution < -0.4 is 5.73 Å². The standard InChI is InChI=1S/C6H12N2O2S2/c1-10-5(9)4(7)8-6(11-2)12-3/h4H,7H2,1-3H3. The summed E-state index contributed by atoms with van der Waals surface area (Å²) in [6, 6.07) is 0. The summed E-state index contributed by atoms with van der Waals surface area (Å²) in [5.74, 6) is -0.518. The Morgan fingerprint density at radius 2 is 2.00 bits per heavy atom. The zero-order chi connectivity index (χ0) is 9.56. The van der Waals surface area contributed by atoms with Gasteiger partial charge in [0.15, 0.2) is 6.17 Å². The third-order valence-corrected chi connectivity index (χ3v) is 2.95. The van der Waals surface area contributed by atoms with Crippen molar-refractivity contribution in [1.82, 2.24) is 0 Å². The average molecular weight is 208 g/mol. The summed E-state index contributed by atoms with van der Waals surface area (Å²) in [7, 11) is 1.29. The van der Waals surface area contributed by atoms with E-state index in [-0.39, 0.29) is 0 Å². The summed E-state index contributed by atoms with van der Waals surface area (Å²) in [5, 5.41) is 0. The zero-order valence-corrected chi connectivity index (χ0v) is 8.87. The molecule has 0 spiro atoms. The van der Waals surface area contributed by atoms with Crippen LogP contribution in [0.1, 0.15) is 0 Å². The molecular formula is C6H12N2O2S2. The van der Waals surface area contributed by atoms with Crippen molar-refractivity contribution in [3.8, 4) is 0 Å². The number of aliphatic imine (C=N–C) groups is 1. The molecule has 0 aromatic heterocycles. The summed E-state index contributed by atoms with van der Waals surface area (Å²) in [6.07, 6.45) is 2.85. The number of thioether (sulfide) groups is 2. The van der Waals surface area contributed by atoms with Gasteiger partial charge in [-0.3, -0.25) is 0 Å². The number of hydrogen-bond acceptors (Lipinski definition) is 6. The molecule has 0 saturated heterocycles. The summed E-state index contributed by atoms with van der Waals surface area (Å²) >= 11 is 2.90. The van der Waals surface area contributed by atoms with Gasteiger partial charge in [-0.25, -0.2) is 9.79 Å². The highest BCUT2D eigenvalue weighted by molar-refractivity contribution is 8.38. The number of nitrogens with two attached hydrogens (primary N) is 1. The van der Waals surface area contributed by atoms with Gasteiger partial charge in [0.1, 0.15) is 4.38 Å². The fourth-order valence-corrected chi connectivity index (χ4v) is 1.58. The summed E-state index contributed by atoms with van der Waals surface area (Å²) in [6.45, 7) is 0. The molecule has 0 aliphatic heterocycles. The lowest BCUT2D eigenvalue weighted by Gasteiger charge is -2.05. The van der Waals surface area contributed by atoms with E-state index in [0.717, 1.165) is 4.38 Å². The molecule has 0 amide bonds. The van der Waals surface area contributed by atoms with Crippen LogP contribution in [0.2, 0.25) is 0 Å². The van der Waals surface area contributed by atoms with Crippen LogP contribution in [0, 0.1) is 0 Å². The number of methoxy groups -OCH3 is 1. The second-order valence-corrected chi connectivity index (χ2v) is 3.62. The molecule has 70 valence electrons. The first-order valence-corrected chi connectivity index (χ1v) is 5.59. The molecule has 4 nitrogen and oxygen atoms in total. The van der Waals surface area contributed by atoms with Crippen molar-refractivity contribution in [2.45, 2.75) is 6.17 Å². The Balaban J connectivity index is 4.19. The van der Waals surface area contributed by atoms with Crippen LogP contribution in [0.25, 0.3) is 0 Å². The molecule has 0 saturated carbocycles. The van der Waals surface area contributed by atoms with Crippen LogP contribution in [0.4, 0.5) is 0 Å². The lowest BCUT2D eigenvalue weighted by Crippen LogP contribution is -2.30. The van der Waals surface area contributed by atoms with Crippen molar-refractivity contribution in [3.05, 3.63) is 0 Å². The molecule has 0 heterocycles. The Bertz CT molecular complexity index is 178. The van der Waals surface area contributed by atoms with Gasteiger partial charge < -0.3 is 10.5 Å². The molecule has 0 aromatic carbocycles. The van der Waals surface area contributed by atoms with Crippen molar-refractivity contribution in [3.63, 3.8) is 0 Å². The van der Waals surface area contributed by atoms with Crippen molar-refractivity contribution in [2.24, 2.45) is 10.7 Å². The number of carbonyl (C=O) groups excluding carboxylic acids is 1. The molecule has 0 fully saturated rings. The van der Waals surface area contributed by atoms with Crippen LogP contribution in [0.3, 0.4) is 0 Å². The predicted octanol–water partition coefficient (Wildman–Crippen LogP) is 0.526. The Hall–Kier alpha value is -0.200. The van der Waals surface area contributed by atoms with Gasteiger partial charge in [-0.15, -0.1) is 23.5 Å². The van der Waals surface area contributed by atoms with E-state index in [0.29, 0.717) is 0 Å². The molecule has 0 aromatic rings. The topological polar surface area (TPSA) is 64.7 Å². The van der Waals surface area contributed by atoms with Gasteiger partial charge in [0.25, 0.3) is 0 Å². The molecule has 0 aliphatic carbocycles. The Morgan fingerprint density at radius 1 is 1.50 bits per heavy atom. The molecular weight excluding hydrogens is 196 g/mol. The SMILES string of the molecule is COC(=O)C(N)N=C(SC)SC. The van der Waals surface area contributed by atoms with E-state index < -0.39 is 12.1 Å². The second kappa shape index (κ2) is 6.33. The second-order valence-electron chi connectivity index (χ2n) is 1.77. The number of hydrogen-bond donors (Lipinski definition) is 1. The molecule has 0 bridgehead atoms. The van der Waals surface area contributed by atoms with E-state index in [2.05, 4.69) is 9.73 Å². The van der Waals surface area contributed by atoms with Gasteiger partial charge in [-0.1, -0.05) is 0 Å². The Labute approximate surface area is 80.3 Å².